The summed E-state index contributed by atoms with van der Waals surface area (Å²) in [6, 6.07) is 5.24. The van der Waals surface area contributed by atoms with E-state index in [2.05, 4.69) is 0 Å². The van der Waals surface area contributed by atoms with Crippen molar-refractivity contribution in [1.82, 2.24) is 0 Å². The normalized spacial score (nSPS) is 12.2. The Bertz CT molecular complexity index is 513. The first-order valence-corrected chi connectivity index (χ1v) is 6.93. The van der Waals surface area contributed by atoms with Crippen LogP contribution in [0.3, 0.4) is 0 Å². The van der Waals surface area contributed by atoms with Gasteiger partial charge in [0, 0.05) is 18.9 Å². The molecule has 0 fully saturated rings. The van der Waals surface area contributed by atoms with Crippen LogP contribution in [0.1, 0.15) is 50.9 Å². The second-order valence-electron chi connectivity index (χ2n) is 4.24. The smallest absolute Gasteiger partial charge is 0.153 e. The maximum atomic E-state index is 11.1. The number of benzene rings is 1. The quantitative estimate of drug-likeness (QED) is 0.525. The van der Waals surface area contributed by atoms with Gasteiger partial charge in [0.2, 0.25) is 0 Å². The Morgan fingerprint density at radius 3 is 2.15 bits per heavy atom. The summed E-state index contributed by atoms with van der Waals surface area (Å²) in [5, 5.41) is 0. The summed E-state index contributed by atoms with van der Waals surface area (Å²) in [7, 11) is 0. The summed E-state index contributed by atoms with van der Waals surface area (Å²) in [5.41, 5.74) is 0.517. The van der Waals surface area contributed by atoms with Crippen LogP contribution in [0.2, 0.25) is 0 Å². The summed E-state index contributed by atoms with van der Waals surface area (Å²) in [4.78, 5) is 11.1. The van der Waals surface area contributed by atoms with E-state index in [9.17, 15) is 4.79 Å². The third-order valence-corrected chi connectivity index (χ3v) is 2.94. The molecule has 0 atom stereocenters. The van der Waals surface area contributed by atoms with Crippen molar-refractivity contribution in [2.45, 2.75) is 40.5 Å². The zero-order chi connectivity index (χ0) is 15.0. The largest absolute Gasteiger partial charge is 0.462 e. The molecule has 1 rings (SSSR count). The van der Waals surface area contributed by atoms with Crippen LogP contribution in [-0.2, 0) is 0 Å². The summed E-state index contributed by atoms with van der Waals surface area (Å²) < 4.78 is 11.5. The lowest BCUT2D eigenvalue weighted by molar-refractivity contribution is 0.112. The van der Waals surface area contributed by atoms with Crippen LogP contribution in [0, 0.1) is 0 Å². The first-order chi connectivity index (χ1) is 9.68. The van der Waals surface area contributed by atoms with Crippen molar-refractivity contribution in [1.29, 1.82) is 0 Å². The van der Waals surface area contributed by atoms with E-state index in [0.717, 1.165) is 30.6 Å². The molecule has 0 aromatic heterocycles. The minimum atomic E-state index is 0.517. The van der Waals surface area contributed by atoms with E-state index in [1.807, 2.05) is 39.8 Å². The number of aldehydes is 1. The van der Waals surface area contributed by atoms with Gasteiger partial charge >= 0.3 is 0 Å². The van der Waals surface area contributed by atoms with Crippen molar-refractivity contribution in [3.05, 3.63) is 47.4 Å². The third kappa shape index (κ3) is 4.26. The highest BCUT2D eigenvalue weighted by molar-refractivity contribution is 5.79. The fourth-order valence-corrected chi connectivity index (χ4v) is 1.73. The minimum Gasteiger partial charge on any atom is -0.462 e. The standard InChI is InChI=1S/C17H22O3/c1-5-14(6-2)19-16-10-9-13(12-18)17(11-16)20-15(7-3)8-4/h5,7,9-12H,6,8H2,1-4H3. The van der Waals surface area contributed by atoms with Crippen molar-refractivity contribution in [2.24, 2.45) is 0 Å². The first kappa shape index (κ1) is 16.0. The molecule has 108 valence electrons. The molecule has 0 heterocycles. The maximum Gasteiger partial charge on any atom is 0.153 e. The Hall–Kier alpha value is -2.03. The van der Waals surface area contributed by atoms with E-state index >= 15 is 0 Å². The molecule has 1 aromatic carbocycles. The maximum absolute atomic E-state index is 11.1. The molecule has 3 heteroatoms. The van der Waals surface area contributed by atoms with Gasteiger partial charge in [-0.05, 0) is 38.1 Å². The Morgan fingerprint density at radius 2 is 1.65 bits per heavy atom. The topological polar surface area (TPSA) is 35.5 Å². The average molecular weight is 274 g/mol. The predicted octanol–water partition coefficient (Wildman–Crippen LogP) is 4.88. The number of carbonyl (C=O) groups excluding carboxylic acids is 1. The van der Waals surface area contributed by atoms with E-state index < -0.39 is 0 Å². The fourth-order valence-electron chi connectivity index (χ4n) is 1.73. The predicted molar refractivity (Wildman–Crippen MR) is 81.2 cm³/mol. The second-order valence-corrected chi connectivity index (χ2v) is 4.24. The third-order valence-electron chi connectivity index (χ3n) is 2.94. The molecule has 0 N–H and O–H groups in total. The number of allylic oxidation sites excluding steroid dienone is 4. The van der Waals surface area contributed by atoms with E-state index in [1.54, 1.807) is 18.2 Å². The van der Waals surface area contributed by atoms with E-state index in [4.69, 9.17) is 9.47 Å². The van der Waals surface area contributed by atoms with Crippen LogP contribution < -0.4 is 9.47 Å². The number of rotatable bonds is 7. The van der Waals surface area contributed by atoms with E-state index in [-0.39, 0.29) is 0 Å². The van der Waals surface area contributed by atoms with E-state index in [0.29, 0.717) is 17.1 Å². The zero-order valence-electron chi connectivity index (χ0n) is 12.6. The summed E-state index contributed by atoms with van der Waals surface area (Å²) >= 11 is 0. The van der Waals surface area contributed by atoms with Gasteiger partial charge in [0.1, 0.15) is 11.5 Å². The molecule has 1 aromatic rings. The van der Waals surface area contributed by atoms with Gasteiger partial charge in [0.15, 0.2) is 6.29 Å². The van der Waals surface area contributed by atoms with Crippen LogP contribution in [-0.4, -0.2) is 6.29 Å². The molecule has 0 aliphatic heterocycles. The molecule has 0 bridgehead atoms. The van der Waals surface area contributed by atoms with Gasteiger partial charge in [-0.1, -0.05) is 13.8 Å². The highest BCUT2D eigenvalue weighted by Crippen LogP contribution is 2.27. The van der Waals surface area contributed by atoms with Crippen molar-refractivity contribution in [3.63, 3.8) is 0 Å². The lowest BCUT2D eigenvalue weighted by Gasteiger charge is -2.13. The van der Waals surface area contributed by atoms with Gasteiger partial charge in [-0.2, -0.15) is 0 Å². The fraction of sp³-hybridized carbons (Fsp3) is 0.353. The number of hydrogen-bond acceptors (Lipinski definition) is 3. The molecule has 0 aliphatic carbocycles. The molecule has 0 saturated heterocycles. The van der Waals surface area contributed by atoms with Crippen molar-refractivity contribution in [2.75, 3.05) is 0 Å². The van der Waals surface area contributed by atoms with Crippen LogP contribution in [0.5, 0.6) is 11.5 Å². The Morgan fingerprint density at radius 1 is 1.05 bits per heavy atom. The first-order valence-electron chi connectivity index (χ1n) is 6.93. The molecule has 0 radical (unpaired) electrons. The highest BCUT2D eigenvalue weighted by Gasteiger charge is 2.08. The van der Waals surface area contributed by atoms with Crippen molar-refractivity contribution < 1.29 is 14.3 Å². The molecule has 0 saturated carbocycles. The molecule has 0 unspecified atom stereocenters. The minimum absolute atomic E-state index is 0.517. The van der Waals surface area contributed by atoms with Crippen LogP contribution in [0.15, 0.2) is 41.9 Å². The van der Waals surface area contributed by atoms with Gasteiger partial charge < -0.3 is 9.47 Å². The number of ether oxygens (including phenoxy) is 2. The van der Waals surface area contributed by atoms with Gasteiger partial charge in [-0.25, -0.2) is 0 Å². The van der Waals surface area contributed by atoms with Crippen LogP contribution >= 0.6 is 0 Å². The van der Waals surface area contributed by atoms with Gasteiger partial charge in [-0.3, -0.25) is 4.79 Å². The summed E-state index contributed by atoms with van der Waals surface area (Å²) in [5.74, 6) is 2.91. The van der Waals surface area contributed by atoms with Gasteiger partial charge in [-0.15, -0.1) is 0 Å². The molecule has 0 spiro atoms. The molecule has 0 amide bonds. The summed E-state index contributed by atoms with van der Waals surface area (Å²) in [6.45, 7) is 7.88. The van der Waals surface area contributed by atoms with Crippen LogP contribution in [0.25, 0.3) is 0 Å². The average Bonchev–Trinajstić information content (AvgIpc) is 2.50. The second kappa shape index (κ2) is 8.20. The van der Waals surface area contributed by atoms with Crippen LogP contribution in [0.4, 0.5) is 0 Å². The molecule has 20 heavy (non-hydrogen) atoms. The Labute approximate surface area is 120 Å². The molecule has 0 aliphatic rings. The lowest BCUT2D eigenvalue weighted by atomic mass is 10.2. The SMILES string of the molecule is CC=C(CC)Oc1ccc(C=O)c(OC(=CC)CC)c1. The van der Waals surface area contributed by atoms with Gasteiger partial charge in [0.05, 0.1) is 17.1 Å². The number of carbonyl (C=O) groups is 1. The lowest BCUT2D eigenvalue weighted by Crippen LogP contribution is -1.99. The molecule has 3 nitrogen and oxygen atoms in total. The zero-order valence-corrected chi connectivity index (χ0v) is 12.6. The monoisotopic (exact) mass is 274 g/mol. The Kier molecular flexibility index (Phi) is 6.57. The summed E-state index contributed by atoms with van der Waals surface area (Å²) in [6.07, 6.45) is 6.20. The van der Waals surface area contributed by atoms with Crippen molar-refractivity contribution in [3.8, 4) is 11.5 Å². The van der Waals surface area contributed by atoms with Gasteiger partial charge in [0.25, 0.3) is 0 Å². The number of hydrogen-bond donors (Lipinski definition) is 0. The molecular formula is C17H22O3. The Balaban J connectivity index is 3.05. The highest BCUT2D eigenvalue weighted by atomic mass is 16.5. The van der Waals surface area contributed by atoms with E-state index in [1.165, 1.54) is 0 Å². The van der Waals surface area contributed by atoms with Crippen molar-refractivity contribution >= 4 is 6.29 Å². The molecular weight excluding hydrogens is 252 g/mol.